The van der Waals surface area contributed by atoms with E-state index in [4.69, 9.17) is 18.0 Å². The molecule has 0 aliphatic rings. The van der Waals surface area contributed by atoms with Gasteiger partial charge in [-0.15, -0.1) is 6.42 Å². The zero-order valence-electron chi connectivity index (χ0n) is 11.8. The van der Waals surface area contributed by atoms with Crippen LogP contribution in [0.25, 0.3) is 0 Å². The largest absolute Gasteiger partial charge is 0.391 e. The van der Waals surface area contributed by atoms with Gasteiger partial charge in [0.05, 0.1) is 17.3 Å². The molecule has 5 nitrogen and oxygen atoms in total. The summed E-state index contributed by atoms with van der Waals surface area (Å²) in [6.07, 6.45) is 7.77. The number of aromatic nitrogens is 2. The number of terminal acetylenes is 1. The number of aliphatic hydroxyl groups excluding tert-OH is 1. The number of hydrogen-bond acceptors (Lipinski definition) is 4. The number of rotatable bonds is 7. The van der Waals surface area contributed by atoms with Crippen molar-refractivity contribution >= 4 is 17.3 Å². The minimum Gasteiger partial charge on any atom is -0.391 e. The van der Waals surface area contributed by atoms with Crippen LogP contribution in [0.4, 0.5) is 5.69 Å². The fraction of sp³-hybridized carbons (Fsp3) is 0.571. The second kappa shape index (κ2) is 7.93. The lowest BCUT2D eigenvalue weighted by molar-refractivity contribution is 0.114. The van der Waals surface area contributed by atoms with Crippen molar-refractivity contribution < 1.29 is 5.11 Å². The van der Waals surface area contributed by atoms with Gasteiger partial charge in [0.1, 0.15) is 12.2 Å². The van der Waals surface area contributed by atoms with Crippen molar-refractivity contribution in [1.29, 1.82) is 0 Å². The molecule has 0 saturated carbocycles. The number of hydrogen-bond donors (Lipinski definition) is 2. The fourth-order valence-electron chi connectivity index (χ4n) is 2.03. The molecule has 20 heavy (non-hydrogen) atoms. The minimum absolute atomic E-state index is 0.0831. The van der Waals surface area contributed by atoms with Crippen LogP contribution in [0.2, 0.25) is 5.02 Å². The molecule has 0 aliphatic heterocycles. The molecule has 0 spiro atoms. The molecule has 0 radical (unpaired) electrons. The minimum atomic E-state index is -0.533. The Morgan fingerprint density at radius 2 is 2.20 bits per heavy atom. The van der Waals surface area contributed by atoms with Crippen LogP contribution >= 0.6 is 11.6 Å². The normalized spacial score (nSPS) is 12.2. The van der Waals surface area contributed by atoms with Gasteiger partial charge in [-0.2, -0.15) is 5.10 Å². The predicted molar refractivity (Wildman–Crippen MR) is 80.9 cm³/mol. The number of nitrogens with one attached hydrogen (secondary N) is 1. The molecule has 0 aromatic carbocycles. The van der Waals surface area contributed by atoms with Crippen LogP contribution in [0.3, 0.4) is 0 Å². The van der Waals surface area contributed by atoms with E-state index in [9.17, 15) is 9.90 Å². The van der Waals surface area contributed by atoms with Crippen molar-refractivity contribution in [3.05, 3.63) is 21.6 Å². The van der Waals surface area contributed by atoms with Crippen molar-refractivity contribution in [1.82, 2.24) is 9.78 Å². The molecule has 2 N–H and O–H groups in total. The van der Waals surface area contributed by atoms with E-state index >= 15 is 0 Å². The highest BCUT2D eigenvalue weighted by atomic mass is 35.5. The van der Waals surface area contributed by atoms with E-state index in [1.54, 1.807) is 0 Å². The van der Waals surface area contributed by atoms with Crippen molar-refractivity contribution in [2.75, 3.05) is 11.9 Å². The van der Waals surface area contributed by atoms with Gasteiger partial charge in [0.2, 0.25) is 0 Å². The van der Waals surface area contributed by atoms with Crippen molar-refractivity contribution in [2.24, 2.45) is 5.92 Å². The van der Waals surface area contributed by atoms with E-state index < -0.39 is 6.10 Å². The first-order valence-electron chi connectivity index (χ1n) is 6.66. The van der Waals surface area contributed by atoms with E-state index in [2.05, 4.69) is 16.3 Å². The first-order chi connectivity index (χ1) is 9.54. The second-order valence-corrected chi connectivity index (χ2v) is 4.97. The molecule has 0 aliphatic carbocycles. The van der Waals surface area contributed by atoms with Gasteiger partial charge in [-0.1, -0.05) is 44.2 Å². The third-order valence-electron chi connectivity index (χ3n) is 3.32. The lowest BCUT2D eigenvalue weighted by atomic mass is 9.96. The molecule has 0 amide bonds. The number of anilines is 1. The zero-order valence-corrected chi connectivity index (χ0v) is 12.5. The Morgan fingerprint density at radius 3 is 2.75 bits per heavy atom. The quantitative estimate of drug-likeness (QED) is 0.752. The molecule has 1 rings (SSSR count). The van der Waals surface area contributed by atoms with Crippen molar-refractivity contribution in [3.8, 4) is 12.3 Å². The monoisotopic (exact) mass is 297 g/mol. The van der Waals surface area contributed by atoms with E-state index in [0.717, 1.165) is 17.5 Å². The average Bonchev–Trinajstić information content (AvgIpc) is 2.43. The first kappa shape index (κ1) is 16.5. The maximum Gasteiger partial charge on any atom is 0.292 e. The molecular weight excluding hydrogens is 278 g/mol. The predicted octanol–water partition coefficient (Wildman–Crippen LogP) is 1.74. The molecule has 0 bridgehead atoms. The van der Waals surface area contributed by atoms with Crippen molar-refractivity contribution in [3.63, 3.8) is 0 Å². The summed E-state index contributed by atoms with van der Waals surface area (Å²) in [5.41, 5.74) is -0.158. The molecule has 1 aromatic rings. The van der Waals surface area contributed by atoms with Gasteiger partial charge in [0.25, 0.3) is 5.56 Å². The maximum atomic E-state index is 12.1. The molecule has 110 valence electrons. The Hall–Kier alpha value is -1.51. The smallest absolute Gasteiger partial charge is 0.292 e. The van der Waals surface area contributed by atoms with Crippen LogP contribution in [0, 0.1) is 18.3 Å². The molecule has 6 heteroatoms. The summed E-state index contributed by atoms with van der Waals surface area (Å²) in [5.74, 6) is 2.54. The van der Waals surface area contributed by atoms with E-state index in [0.29, 0.717) is 0 Å². The van der Waals surface area contributed by atoms with Crippen LogP contribution < -0.4 is 10.9 Å². The molecule has 1 heterocycles. The van der Waals surface area contributed by atoms with Gasteiger partial charge in [-0.05, 0) is 5.92 Å². The summed E-state index contributed by atoms with van der Waals surface area (Å²) < 4.78 is 1.15. The topological polar surface area (TPSA) is 67.2 Å². The molecular formula is C14H20ClN3O2. The summed E-state index contributed by atoms with van der Waals surface area (Å²) >= 11 is 5.96. The zero-order chi connectivity index (χ0) is 15.1. The molecule has 0 fully saturated rings. The second-order valence-electron chi connectivity index (χ2n) is 4.56. The van der Waals surface area contributed by atoms with Gasteiger partial charge >= 0.3 is 0 Å². The summed E-state index contributed by atoms with van der Waals surface area (Å²) in [6, 6.07) is 0. The van der Waals surface area contributed by atoms with Crippen LogP contribution in [-0.4, -0.2) is 27.5 Å². The maximum absolute atomic E-state index is 12.1. The molecule has 1 atom stereocenters. The Labute approximate surface area is 124 Å². The van der Waals surface area contributed by atoms with Gasteiger partial charge in [0.15, 0.2) is 0 Å². The van der Waals surface area contributed by atoms with Gasteiger partial charge in [-0.25, -0.2) is 4.68 Å². The van der Waals surface area contributed by atoms with Crippen LogP contribution in [0.1, 0.15) is 26.7 Å². The Balaban J connectivity index is 2.85. The highest BCUT2D eigenvalue weighted by Crippen LogP contribution is 2.17. The van der Waals surface area contributed by atoms with Crippen LogP contribution in [0.5, 0.6) is 0 Å². The van der Waals surface area contributed by atoms with E-state index in [-0.39, 0.29) is 35.3 Å². The molecule has 0 saturated heterocycles. The molecule has 1 aromatic heterocycles. The number of halogens is 1. The highest BCUT2D eigenvalue weighted by molar-refractivity contribution is 6.32. The fourth-order valence-corrected chi connectivity index (χ4v) is 2.23. The SMILES string of the molecule is C#CCn1ncc(Cl)c(NCC(O)C(CC)CC)c1=O. The number of aliphatic hydroxyl groups is 1. The average molecular weight is 298 g/mol. The van der Waals surface area contributed by atoms with E-state index in [1.807, 2.05) is 13.8 Å². The Kier molecular flexibility index (Phi) is 6.56. The lowest BCUT2D eigenvalue weighted by Gasteiger charge is -2.21. The summed E-state index contributed by atoms with van der Waals surface area (Å²) in [7, 11) is 0. The Morgan fingerprint density at radius 1 is 1.55 bits per heavy atom. The third kappa shape index (κ3) is 3.99. The summed E-state index contributed by atoms with van der Waals surface area (Å²) in [5, 5.41) is 17.0. The highest BCUT2D eigenvalue weighted by Gasteiger charge is 2.17. The van der Waals surface area contributed by atoms with Gasteiger partial charge < -0.3 is 10.4 Å². The first-order valence-corrected chi connectivity index (χ1v) is 7.03. The summed E-state index contributed by atoms with van der Waals surface area (Å²) in [4.78, 5) is 12.1. The van der Waals surface area contributed by atoms with Gasteiger partial charge in [0, 0.05) is 6.54 Å². The number of nitrogens with zero attached hydrogens (tertiary/aromatic N) is 2. The summed E-state index contributed by atoms with van der Waals surface area (Å²) in [6.45, 7) is 4.40. The standard InChI is InChI=1S/C14H20ClN3O2/c1-4-7-18-14(20)13(11(15)8-17-18)16-9-12(19)10(5-2)6-3/h1,8,10,12,16,19H,5-7,9H2,2-3H3. The van der Waals surface area contributed by atoms with Gasteiger partial charge in [-0.3, -0.25) is 4.79 Å². The molecule has 1 unspecified atom stereocenters. The van der Waals surface area contributed by atoms with E-state index in [1.165, 1.54) is 6.20 Å². The van der Waals surface area contributed by atoms with Crippen molar-refractivity contribution in [2.45, 2.75) is 39.3 Å². The third-order valence-corrected chi connectivity index (χ3v) is 3.61. The van der Waals surface area contributed by atoms with Crippen LogP contribution in [0.15, 0.2) is 11.0 Å². The van der Waals surface area contributed by atoms with Crippen LogP contribution in [-0.2, 0) is 6.54 Å². The Bertz CT molecular complexity index is 532. The lowest BCUT2D eigenvalue weighted by Crippen LogP contribution is -2.32.